The molecule has 13 nitrogen and oxygen atoms in total. The van der Waals surface area contributed by atoms with Crippen molar-refractivity contribution < 1.29 is 32.2 Å². The molecule has 0 aromatic carbocycles. The number of anilines is 1. The van der Waals surface area contributed by atoms with Crippen LogP contribution in [0.25, 0.3) is 0 Å². The molecule has 0 aliphatic heterocycles. The Kier molecular flexibility index (Phi) is 6.58. The van der Waals surface area contributed by atoms with Crippen molar-refractivity contribution in [3.05, 3.63) is 16.8 Å². The summed E-state index contributed by atoms with van der Waals surface area (Å²) in [6.45, 7) is 0. The number of halogens is 1. The van der Waals surface area contributed by atoms with Gasteiger partial charge in [-0.3, -0.25) is 15.2 Å². The number of sulfonamides is 1. The van der Waals surface area contributed by atoms with Gasteiger partial charge in [0.05, 0.1) is 33.8 Å². The molecule has 0 bridgehead atoms. The van der Waals surface area contributed by atoms with Gasteiger partial charge in [-0.05, 0) is 0 Å². The van der Waals surface area contributed by atoms with Crippen LogP contribution < -0.4 is 19.5 Å². The summed E-state index contributed by atoms with van der Waals surface area (Å²) in [7, 11) is -0.673. The molecule has 0 spiro atoms. The Morgan fingerprint density at radius 1 is 1.18 bits per heavy atom. The van der Waals surface area contributed by atoms with Gasteiger partial charge in [0.1, 0.15) is 0 Å². The molecule has 0 aliphatic carbocycles. The van der Waals surface area contributed by atoms with Gasteiger partial charge >= 0.3 is 12.0 Å². The van der Waals surface area contributed by atoms with Gasteiger partial charge in [0.15, 0.2) is 10.2 Å². The molecule has 2 amide bonds. The third kappa shape index (κ3) is 4.98. The van der Waals surface area contributed by atoms with Crippen molar-refractivity contribution in [2.24, 2.45) is 0 Å². The number of carbonyl (C=O) groups is 2. The largest absolute Gasteiger partial charge is 0.481 e. The number of esters is 1. The maximum absolute atomic E-state index is 12.4. The summed E-state index contributed by atoms with van der Waals surface area (Å²) in [5.41, 5.74) is -0.159. The van der Waals surface area contributed by atoms with Crippen LogP contribution in [0.1, 0.15) is 5.56 Å². The van der Waals surface area contributed by atoms with E-state index in [4.69, 9.17) is 21.1 Å². The SMILES string of the molecule is COC(=O)Cc1c(Cl)n[nH]c1S(=O)(=O)NC(=O)Nc1nc(OC)cc(OC)n1. The number of H-pyrrole nitrogens is 1. The minimum Gasteiger partial charge on any atom is -0.481 e. The van der Waals surface area contributed by atoms with Gasteiger partial charge in [0.2, 0.25) is 17.7 Å². The Hall–Kier alpha value is -3.13. The van der Waals surface area contributed by atoms with Gasteiger partial charge in [-0.25, -0.2) is 9.52 Å². The number of hydrogen-bond acceptors (Lipinski definition) is 10. The number of methoxy groups -OCH3 is 3. The number of aromatic amines is 1. The van der Waals surface area contributed by atoms with E-state index in [1.807, 2.05) is 0 Å². The van der Waals surface area contributed by atoms with Gasteiger partial charge in [0.25, 0.3) is 10.0 Å². The van der Waals surface area contributed by atoms with Crippen LogP contribution in [-0.2, 0) is 26.0 Å². The first-order valence-electron chi connectivity index (χ1n) is 7.30. The molecule has 2 aromatic heterocycles. The summed E-state index contributed by atoms with van der Waals surface area (Å²) in [6.07, 6.45) is -0.472. The highest BCUT2D eigenvalue weighted by molar-refractivity contribution is 7.90. The normalized spacial score (nSPS) is 10.9. The fraction of sp³-hybridized carbons (Fsp3) is 0.308. The molecule has 0 fully saturated rings. The van der Waals surface area contributed by atoms with Crippen molar-refractivity contribution in [3.63, 3.8) is 0 Å². The number of hydrogen-bond donors (Lipinski definition) is 3. The second kappa shape index (κ2) is 8.71. The quantitative estimate of drug-likeness (QED) is 0.506. The van der Waals surface area contributed by atoms with Gasteiger partial charge < -0.3 is 14.2 Å². The third-order valence-corrected chi connectivity index (χ3v) is 4.79. The molecule has 2 rings (SSSR count). The first kappa shape index (κ1) is 21.2. The van der Waals surface area contributed by atoms with E-state index in [1.54, 1.807) is 4.72 Å². The number of carbonyl (C=O) groups excluding carboxylic acids is 2. The molecule has 15 heteroatoms. The summed E-state index contributed by atoms with van der Waals surface area (Å²) in [4.78, 5) is 31.2. The lowest BCUT2D eigenvalue weighted by molar-refractivity contribution is -0.139. The van der Waals surface area contributed by atoms with Crippen LogP contribution in [0.15, 0.2) is 11.1 Å². The van der Waals surface area contributed by atoms with E-state index in [0.717, 1.165) is 7.11 Å². The number of aromatic nitrogens is 4. The fourth-order valence-corrected chi connectivity index (χ4v) is 3.21. The maximum Gasteiger partial charge on any atom is 0.335 e. The van der Waals surface area contributed by atoms with Crippen LogP contribution in [0.5, 0.6) is 11.8 Å². The van der Waals surface area contributed by atoms with E-state index in [2.05, 4.69) is 30.2 Å². The first-order valence-corrected chi connectivity index (χ1v) is 9.16. The van der Waals surface area contributed by atoms with Crippen molar-refractivity contribution in [1.29, 1.82) is 0 Å². The average molecular weight is 435 g/mol. The molecular weight excluding hydrogens is 420 g/mol. The highest BCUT2D eigenvalue weighted by atomic mass is 35.5. The first-order chi connectivity index (χ1) is 13.2. The van der Waals surface area contributed by atoms with Crippen molar-refractivity contribution in [1.82, 2.24) is 24.9 Å². The highest BCUT2D eigenvalue weighted by Gasteiger charge is 2.28. The smallest absolute Gasteiger partial charge is 0.335 e. The fourth-order valence-electron chi connectivity index (χ4n) is 1.89. The number of nitrogens with zero attached hydrogens (tertiary/aromatic N) is 3. The average Bonchev–Trinajstić information content (AvgIpc) is 3.01. The predicted octanol–water partition coefficient (Wildman–Crippen LogP) is 0.0962. The van der Waals surface area contributed by atoms with E-state index >= 15 is 0 Å². The van der Waals surface area contributed by atoms with Crippen molar-refractivity contribution >= 4 is 39.6 Å². The van der Waals surface area contributed by atoms with Gasteiger partial charge in [-0.2, -0.15) is 23.5 Å². The summed E-state index contributed by atoms with van der Waals surface area (Å²) in [6, 6.07) is 0.163. The molecule has 2 heterocycles. The van der Waals surface area contributed by atoms with E-state index < -0.39 is 33.5 Å². The van der Waals surface area contributed by atoms with Crippen LogP contribution in [0, 0.1) is 0 Å². The molecule has 0 saturated heterocycles. The Morgan fingerprint density at radius 2 is 1.79 bits per heavy atom. The molecule has 0 radical (unpaired) electrons. The zero-order chi connectivity index (χ0) is 20.9. The summed E-state index contributed by atoms with van der Waals surface area (Å²) in [5.74, 6) is -0.876. The monoisotopic (exact) mass is 434 g/mol. The number of rotatable bonds is 7. The second-order valence-corrected chi connectivity index (χ2v) is 6.89. The van der Waals surface area contributed by atoms with Gasteiger partial charge in [-0.1, -0.05) is 11.6 Å². The van der Waals surface area contributed by atoms with Crippen LogP contribution in [-0.4, -0.2) is 61.9 Å². The van der Waals surface area contributed by atoms with E-state index in [0.29, 0.717) is 0 Å². The Labute approximate surface area is 163 Å². The Bertz CT molecular complexity index is 971. The van der Waals surface area contributed by atoms with Crippen molar-refractivity contribution in [2.45, 2.75) is 11.4 Å². The minimum absolute atomic E-state index is 0.0747. The van der Waals surface area contributed by atoms with E-state index in [9.17, 15) is 18.0 Å². The standard InChI is InChI=1S/C13H15ClN6O7S/c1-25-7-5-8(26-2)16-12(15-7)17-13(22)20-28(23,24)11-6(4-9(21)27-3)10(14)18-19-11/h5H,4H2,1-3H3,(H,18,19)(H2,15,16,17,20,22). The minimum atomic E-state index is -4.47. The highest BCUT2D eigenvalue weighted by Crippen LogP contribution is 2.22. The molecule has 28 heavy (non-hydrogen) atoms. The summed E-state index contributed by atoms with van der Waals surface area (Å²) in [5, 5.41) is 6.99. The molecule has 0 unspecified atom stereocenters. The van der Waals surface area contributed by atoms with Gasteiger partial charge in [0, 0.05) is 5.56 Å². The zero-order valence-electron chi connectivity index (χ0n) is 14.8. The number of nitrogens with one attached hydrogen (secondary N) is 3. The van der Waals surface area contributed by atoms with Crippen molar-refractivity contribution in [3.8, 4) is 11.8 Å². The second-order valence-electron chi connectivity index (χ2n) is 4.91. The molecule has 3 N–H and O–H groups in total. The molecule has 2 aromatic rings. The molecule has 0 saturated carbocycles. The maximum atomic E-state index is 12.4. The van der Waals surface area contributed by atoms with Crippen LogP contribution in [0.4, 0.5) is 10.7 Å². The summed E-state index contributed by atoms with van der Waals surface area (Å²) >= 11 is 5.79. The lowest BCUT2D eigenvalue weighted by Gasteiger charge is -2.09. The summed E-state index contributed by atoms with van der Waals surface area (Å²) < 4.78 is 40.9. The van der Waals surface area contributed by atoms with E-state index in [-0.39, 0.29) is 28.4 Å². The van der Waals surface area contributed by atoms with Crippen LogP contribution >= 0.6 is 11.6 Å². The van der Waals surface area contributed by atoms with Crippen molar-refractivity contribution in [2.75, 3.05) is 26.6 Å². The third-order valence-electron chi connectivity index (χ3n) is 3.15. The molecule has 0 aliphatic rings. The Balaban J connectivity index is 2.21. The molecule has 0 atom stereocenters. The van der Waals surface area contributed by atoms with Gasteiger partial charge in [-0.15, -0.1) is 0 Å². The molecular formula is C13H15ClN6O7S. The van der Waals surface area contributed by atoms with Crippen LogP contribution in [0.2, 0.25) is 5.15 Å². The van der Waals surface area contributed by atoms with Crippen LogP contribution in [0.3, 0.4) is 0 Å². The van der Waals surface area contributed by atoms with E-state index in [1.165, 1.54) is 20.3 Å². The zero-order valence-corrected chi connectivity index (χ0v) is 16.3. The topological polar surface area (TPSA) is 174 Å². The Morgan fingerprint density at radius 3 is 2.32 bits per heavy atom. The number of ether oxygens (including phenoxy) is 3. The lowest BCUT2D eigenvalue weighted by Crippen LogP contribution is -2.35. The number of amides is 2. The molecule has 152 valence electrons. The number of urea groups is 1. The lowest BCUT2D eigenvalue weighted by atomic mass is 10.2. The predicted molar refractivity (Wildman–Crippen MR) is 93.8 cm³/mol.